The maximum Gasteiger partial charge on any atom is 0.243 e. The molecule has 0 fully saturated rings. The molecule has 0 spiro atoms. The van der Waals surface area contributed by atoms with Gasteiger partial charge in [-0.2, -0.15) is 0 Å². The van der Waals surface area contributed by atoms with Crippen LogP contribution < -0.4 is 0 Å². The number of aromatic nitrogens is 2. The van der Waals surface area contributed by atoms with Crippen molar-refractivity contribution in [3.63, 3.8) is 0 Å². The lowest BCUT2D eigenvalue weighted by Gasteiger charge is -2.18. The number of carbonyl (C=O) groups excluding carboxylic acids is 2. The molecule has 2 aromatic rings. The third-order valence-corrected chi connectivity index (χ3v) is 5.76. The topological polar surface area (TPSA) is 63.2 Å². The van der Waals surface area contributed by atoms with E-state index < -0.39 is 5.25 Å². The first-order chi connectivity index (χ1) is 10.2. The summed E-state index contributed by atoms with van der Waals surface area (Å²) in [5.74, 6) is 0.264. The van der Waals surface area contributed by atoms with E-state index in [-0.39, 0.29) is 11.7 Å². The molecule has 0 aliphatic carbocycles. The molecule has 0 saturated carbocycles. The number of aryl methyl sites for hydroxylation is 3. The van der Waals surface area contributed by atoms with E-state index in [9.17, 15) is 9.59 Å². The molecule has 2 aromatic heterocycles. The summed E-state index contributed by atoms with van der Waals surface area (Å²) in [6.07, 6.45) is 0. The molecule has 22 heavy (non-hydrogen) atoms. The van der Waals surface area contributed by atoms with E-state index in [1.807, 2.05) is 20.8 Å². The molecule has 2 rings (SSSR count). The molecule has 5 nitrogen and oxygen atoms in total. The smallest absolute Gasteiger partial charge is 0.243 e. The number of thiophene rings is 1. The van der Waals surface area contributed by atoms with Crippen molar-refractivity contribution < 1.29 is 9.59 Å². The molecule has 0 aromatic carbocycles. The zero-order valence-corrected chi connectivity index (χ0v) is 15.2. The number of fused-ring (bicyclic) bond motifs is 1. The monoisotopic (exact) mass is 337 g/mol. The van der Waals surface area contributed by atoms with Gasteiger partial charge in [-0.25, -0.2) is 9.97 Å². The minimum absolute atomic E-state index is 0.169. The van der Waals surface area contributed by atoms with Gasteiger partial charge in [-0.1, -0.05) is 11.8 Å². The largest absolute Gasteiger partial charge is 0.347 e. The molecule has 118 valence electrons. The van der Waals surface area contributed by atoms with Crippen LogP contribution in [0.15, 0.2) is 5.03 Å². The lowest BCUT2D eigenvalue weighted by atomic mass is 10.2. The Morgan fingerprint density at radius 1 is 1.18 bits per heavy atom. The highest BCUT2D eigenvalue weighted by Crippen LogP contribution is 2.37. The Morgan fingerprint density at radius 2 is 1.82 bits per heavy atom. The fourth-order valence-corrected chi connectivity index (χ4v) is 4.45. The lowest BCUT2D eigenvalue weighted by Crippen LogP contribution is -2.36. The van der Waals surface area contributed by atoms with Gasteiger partial charge in [0.25, 0.3) is 0 Å². The number of ketones is 1. The van der Waals surface area contributed by atoms with Crippen molar-refractivity contribution in [2.45, 2.75) is 38.0 Å². The van der Waals surface area contributed by atoms with Crippen LogP contribution in [0.5, 0.6) is 0 Å². The van der Waals surface area contributed by atoms with E-state index in [1.165, 1.54) is 28.5 Å². The standard InChI is InChI=1S/C15H19N3O2S2/c1-7-9(3)21-13-11(7)14(17-10(4)16-13)22-12(8(2)19)15(20)18(5)6/h12H,1-6H3/t12-/m0/s1. The number of nitrogens with zero attached hydrogens (tertiary/aromatic N) is 3. The zero-order valence-electron chi connectivity index (χ0n) is 13.6. The first kappa shape index (κ1) is 16.9. The Balaban J connectivity index is 2.54. The molecular weight excluding hydrogens is 318 g/mol. The summed E-state index contributed by atoms with van der Waals surface area (Å²) in [6.45, 7) is 7.33. The van der Waals surface area contributed by atoms with Crippen molar-refractivity contribution in [1.29, 1.82) is 0 Å². The summed E-state index contributed by atoms with van der Waals surface area (Å²) < 4.78 is 0. The van der Waals surface area contributed by atoms with Crippen LogP contribution >= 0.6 is 23.1 Å². The Bertz CT molecular complexity index is 753. The molecule has 1 atom stereocenters. The predicted molar refractivity (Wildman–Crippen MR) is 90.6 cm³/mol. The maximum atomic E-state index is 12.2. The summed E-state index contributed by atoms with van der Waals surface area (Å²) in [5, 5.41) is 0.891. The second-order valence-corrected chi connectivity index (χ2v) is 7.68. The molecular formula is C15H19N3O2S2. The van der Waals surface area contributed by atoms with Crippen LogP contribution in [0.25, 0.3) is 10.2 Å². The summed E-state index contributed by atoms with van der Waals surface area (Å²) in [6, 6.07) is 0. The number of hydrogen-bond acceptors (Lipinski definition) is 6. The van der Waals surface area contributed by atoms with E-state index in [2.05, 4.69) is 9.97 Å². The van der Waals surface area contributed by atoms with E-state index in [1.54, 1.807) is 25.4 Å². The molecule has 1 amide bonds. The first-order valence-electron chi connectivity index (χ1n) is 6.85. The highest BCUT2D eigenvalue weighted by Gasteiger charge is 2.28. The fraction of sp³-hybridized carbons (Fsp3) is 0.467. The van der Waals surface area contributed by atoms with Gasteiger partial charge >= 0.3 is 0 Å². The summed E-state index contributed by atoms with van der Waals surface area (Å²) in [4.78, 5) is 36.6. The van der Waals surface area contributed by atoms with Crippen molar-refractivity contribution in [2.75, 3.05) is 14.1 Å². The van der Waals surface area contributed by atoms with Crippen molar-refractivity contribution in [3.05, 3.63) is 16.3 Å². The van der Waals surface area contributed by atoms with Gasteiger partial charge in [-0.3, -0.25) is 9.59 Å². The Labute approximate surface area is 138 Å². The summed E-state index contributed by atoms with van der Waals surface area (Å²) in [5.41, 5.74) is 1.11. The average Bonchev–Trinajstić information content (AvgIpc) is 2.69. The molecule has 0 radical (unpaired) electrons. The third kappa shape index (κ3) is 3.15. The van der Waals surface area contributed by atoms with Crippen LogP contribution in [-0.4, -0.2) is 45.9 Å². The molecule has 0 unspecified atom stereocenters. The number of hydrogen-bond donors (Lipinski definition) is 0. The minimum atomic E-state index is -0.771. The normalized spacial score (nSPS) is 12.5. The average molecular weight is 337 g/mol. The van der Waals surface area contributed by atoms with Crippen LogP contribution in [0.1, 0.15) is 23.2 Å². The van der Waals surface area contributed by atoms with Crippen LogP contribution in [0, 0.1) is 20.8 Å². The van der Waals surface area contributed by atoms with E-state index in [0.29, 0.717) is 10.9 Å². The highest BCUT2D eigenvalue weighted by molar-refractivity contribution is 8.01. The molecule has 0 saturated heterocycles. The Hall–Kier alpha value is -1.47. The van der Waals surface area contributed by atoms with Gasteiger partial charge in [-0.05, 0) is 33.3 Å². The van der Waals surface area contributed by atoms with Crippen molar-refractivity contribution in [1.82, 2.24) is 14.9 Å². The Kier molecular flexibility index (Phi) is 4.87. The molecule has 2 heterocycles. The van der Waals surface area contributed by atoms with Crippen molar-refractivity contribution in [2.24, 2.45) is 0 Å². The quantitative estimate of drug-likeness (QED) is 0.488. The second-order valence-electron chi connectivity index (χ2n) is 5.38. The number of thioether (sulfide) groups is 1. The third-order valence-electron chi connectivity index (χ3n) is 3.37. The highest BCUT2D eigenvalue weighted by atomic mass is 32.2. The Morgan fingerprint density at radius 3 is 2.36 bits per heavy atom. The molecule has 0 N–H and O–H groups in total. The van der Waals surface area contributed by atoms with Crippen LogP contribution in [0.3, 0.4) is 0 Å². The van der Waals surface area contributed by atoms with Gasteiger partial charge < -0.3 is 4.90 Å². The van der Waals surface area contributed by atoms with Crippen molar-refractivity contribution >= 4 is 45.0 Å². The van der Waals surface area contributed by atoms with E-state index in [0.717, 1.165) is 15.8 Å². The molecule has 0 aliphatic heterocycles. The molecule has 0 bridgehead atoms. The predicted octanol–water partition coefficient (Wildman–Crippen LogP) is 2.75. The fourth-order valence-electron chi connectivity index (χ4n) is 2.05. The van der Waals surface area contributed by atoms with Gasteiger partial charge in [0.05, 0.1) is 0 Å². The summed E-state index contributed by atoms with van der Waals surface area (Å²) in [7, 11) is 3.30. The van der Waals surface area contributed by atoms with Crippen LogP contribution in [0.2, 0.25) is 0 Å². The van der Waals surface area contributed by atoms with Gasteiger partial charge in [0, 0.05) is 24.4 Å². The first-order valence-corrected chi connectivity index (χ1v) is 8.54. The van der Waals surface area contributed by atoms with Crippen LogP contribution in [0.4, 0.5) is 0 Å². The molecule has 7 heteroatoms. The summed E-state index contributed by atoms with van der Waals surface area (Å²) >= 11 is 2.83. The number of carbonyl (C=O) groups is 2. The van der Waals surface area contributed by atoms with Gasteiger partial charge in [-0.15, -0.1) is 11.3 Å². The van der Waals surface area contributed by atoms with Gasteiger partial charge in [0.2, 0.25) is 5.91 Å². The lowest BCUT2D eigenvalue weighted by molar-refractivity contribution is -0.132. The van der Waals surface area contributed by atoms with E-state index >= 15 is 0 Å². The molecule has 0 aliphatic rings. The van der Waals surface area contributed by atoms with Gasteiger partial charge in [0.1, 0.15) is 20.9 Å². The van der Waals surface area contributed by atoms with Crippen molar-refractivity contribution in [3.8, 4) is 0 Å². The van der Waals surface area contributed by atoms with Crippen LogP contribution in [-0.2, 0) is 9.59 Å². The minimum Gasteiger partial charge on any atom is -0.347 e. The zero-order chi connectivity index (χ0) is 16.6. The van der Waals surface area contributed by atoms with E-state index in [4.69, 9.17) is 0 Å². The maximum absolute atomic E-state index is 12.2. The van der Waals surface area contributed by atoms with Gasteiger partial charge in [0.15, 0.2) is 5.78 Å². The second kappa shape index (κ2) is 6.34. The number of rotatable bonds is 4. The number of Topliss-reactive ketones (excluding diaryl/α,β-unsaturated/α-hetero) is 1. The number of amides is 1. The SMILES string of the molecule is CC(=O)[C@H](Sc1nc(C)nc2sc(C)c(C)c12)C(=O)N(C)C.